The minimum atomic E-state index is -4.10. The molecule has 7 heteroatoms. The molecule has 0 aromatic rings. The summed E-state index contributed by atoms with van der Waals surface area (Å²) in [6.45, 7) is 0. The van der Waals surface area contributed by atoms with Crippen molar-refractivity contribution in [1.82, 2.24) is 0 Å². The van der Waals surface area contributed by atoms with Crippen LogP contribution >= 0.6 is 0 Å². The molecule has 5 nitrogen and oxygen atoms in total. The van der Waals surface area contributed by atoms with Crippen molar-refractivity contribution in [2.24, 2.45) is 0 Å². The molecule has 0 fully saturated rings. The molecule has 0 rings (SSSR count). The van der Waals surface area contributed by atoms with E-state index < -0.39 is 27.2 Å². The molecule has 3 radical (unpaired) electrons. The molecule has 4 N–H and O–H groups in total. The average Bonchev–Trinajstić information content (AvgIpc) is 1.59. The molecule has 0 unspecified atom stereocenters. The van der Waals surface area contributed by atoms with Crippen molar-refractivity contribution < 1.29 is 24.3 Å². The van der Waals surface area contributed by atoms with E-state index in [1.165, 1.54) is 0 Å². The van der Waals surface area contributed by atoms with Gasteiger partial charge in [0, 0.05) is 29.8 Å². The first kappa shape index (κ1) is 12.7. The average molecular weight is 179 g/mol. The molecule has 0 saturated carbocycles. The summed E-state index contributed by atoms with van der Waals surface area (Å²) in [5.41, 5.74) is 0. The van der Waals surface area contributed by atoms with Crippen LogP contribution in [0.2, 0.25) is 6.04 Å². The van der Waals surface area contributed by atoms with Crippen LogP contribution in [0.3, 0.4) is 0 Å². The van der Waals surface area contributed by atoms with Gasteiger partial charge >= 0.3 is 14.8 Å². The summed E-state index contributed by atoms with van der Waals surface area (Å²) in [5.74, 6) is -1.15. The van der Waals surface area contributed by atoms with Crippen molar-refractivity contribution in [3.05, 3.63) is 0 Å². The van der Waals surface area contributed by atoms with Gasteiger partial charge in [-0.2, -0.15) is 0 Å². The van der Waals surface area contributed by atoms with E-state index >= 15 is 0 Å². The molecule has 0 saturated heterocycles. The van der Waals surface area contributed by atoms with Crippen molar-refractivity contribution in [3.63, 3.8) is 0 Å². The van der Waals surface area contributed by atoms with Gasteiger partial charge in [0.05, 0.1) is 0 Å². The van der Waals surface area contributed by atoms with Crippen LogP contribution in [0.5, 0.6) is 0 Å². The number of hydrogen-bond acceptors (Lipinski definition) is 4. The lowest BCUT2D eigenvalue weighted by Gasteiger charge is -2.05. The Kier molecular flexibility index (Phi) is 6.18. The summed E-state index contributed by atoms with van der Waals surface area (Å²) < 4.78 is 0. The normalized spacial score (nSPS) is 10.3. The first-order valence-corrected chi connectivity index (χ1v) is 4.35. The molecule has 0 aromatic heterocycles. The Hall–Kier alpha value is 0.0994. The van der Waals surface area contributed by atoms with E-state index in [4.69, 9.17) is 19.5 Å². The fourth-order valence-electron chi connectivity index (χ4n) is 0.275. The van der Waals surface area contributed by atoms with Gasteiger partial charge in [-0.15, -0.1) is 0 Å². The zero-order valence-electron chi connectivity index (χ0n) is 5.19. The third-order valence-electron chi connectivity index (χ3n) is 0.674. The fraction of sp³-hybridized carbons (Fsp3) is 0.667. The molecular weight excluding hydrogens is 171 g/mol. The summed E-state index contributed by atoms with van der Waals surface area (Å²) in [6.07, 6.45) is -0.407. The number of hydrogen-bond donors (Lipinski definition) is 4. The first-order chi connectivity index (χ1) is 3.92. The molecular formula is C3H8AlO5Si. The SMILES string of the molecule is O=C(O)CC[Si](O)(O)O.[Al]. The lowest BCUT2D eigenvalue weighted by Crippen LogP contribution is -2.34. The number of aliphatic carboxylic acids is 1. The monoisotopic (exact) mass is 179 g/mol. The summed E-state index contributed by atoms with van der Waals surface area (Å²) in [5, 5.41) is 7.97. The van der Waals surface area contributed by atoms with Gasteiger partial charge in [-0.25, -0.2) is 0 Å². The third kappa shape index (κ3) is 11.0. The maximum Gasteiger partial charge on any atom is 0.493 e. The maximum absolute atomic E-state index is 9.73. The van der Waals surface area contributed by atoms with Crippen LogP contribution in [0.25, 0.3) is 0 Å². The van der Waals surface area contributed by atoms with E-state index in [1.807, 2.05) is 0 Å². The highest BCUT2D eigenvalue weighted by atomic mass is 28.4. The van der Waals surface area contributed by atoms with E-state index in [2.05, 4.69) is 0 Å². The van der Waals surface area contributed by atoms with Crippen LogP contribution in [-0.2, 0) is 4.79 Å². The lowest BCUT2D eigenvalue weighted by molar-refractivity contribution is -0.136. The van der Waals surface area contributed by atoms with E-state index in [0.717, 1.165) is 0 Å². The van der Waals surface area contributed by atoms with Gasteiger partial charge in [0.2, 0.25) is 0 Å². The fourth-order valence-corrected chi connectivity index (χ4v) is 0.824. The van der Waals surface area contributed by atoms with Crippen molar-refractivity contribution in [3.8, 4) is 0 Å². The highest BCUT2D eigenvalue weighted by Crippen LogP contribution is 1.99. The summed E-state index contributed by atoms with van der Waals surface area (Å²) >= 11 is 0. The number of rotatable bonds is 3. The van der Waals surface area contributed by atoms with Crippen LogP contribution in [-0.4, -0.2) is 51.6 Å². The van der Waals surface area contributed by atoms with Crippen LogP contribution in [0, 0.1) is 0 Å². The van der Waals surface area contributed by atoms with Crippen molar-refractivity contribution >= 4 is 32.1 Å². The molecule has 0 heterocycles. The van der Waals surface area contributed by atoms with Gasteiger partial charge in [0.1, 0.15) is 0 Å². The van der Waals surface area contributed by atoms with E-state index in [1.54, 1.807) is 0 Å². The molecule has 0 aliphatic heterocycles. The molecule has 0 spiro atoms. The van der Waals surface area contributed by atoms with Crippen molar-refractivity contribution in [1.29, 1.82) is 0 Å². The van der Waals surface area contributed by atoms with Crippen molar-refractivity contribution in [2.75, 3.05) is 0 Å². The van der Waals surface area contributed by atoms with Crippen LogP contribution in [0.15, 0.2) is 0 Å². The second-order valence-electron chi connectivity index (χ2n) is 1.67. The zero-order chi connectivity index (χ0) is 7.49. The van der Waals surface area contributed by atoms with Gasteiger partial charge in [-0.3, -0.25) is 4.79 Å². The van der Waals surface area contributed by atoms with Gasteiger partial charge in [0.15, 0.2) is 0 Å². The molecule has 0 bridgehead atoms. The van der Waals surface area contributed by atoms with Crippen LogP contribution in [0.4, 0.5) is 0 Å². The Balaban J connectivity index is 0. The topological polar surface area (TPSA) is 98.0 Å². The largest absolute Gasteiger partial charge is 0.493 e. The van der Waals surface area contributed by atoms with Crippen LogP contribution < -0.4 is 0 Å². The molecule has 57 valence electrons. The summed E-state index contributed by atoms with van der Waals surface area (Å²) in [7, 11) is -4.10. The van der Waals surface area contributed by atoms with Gasteiger partial charge in [-0.05, 0) is 0 Å². The molecule has 0 amide bonds. The Morgan fingerprint density at radius 1 is 1.30 bits per heavy atom. The summed E-state index contributed by atoms with van der Waals surface area (Å²) in [6, 6.07) is -0.442. The molecule has 0 aromatic carbocycles. The third-order valence-corrected chi connectivity index (χ3v) is 1.60. The zero-order valence-corrected chi connectivity index (χ0v) is 7.34. The minimum Gasteiger partial charge on any atom is -0.481 e. The first-order valence-electron chi connectivity index (χ1n) is 2.31. The molecule has 0 atom stereocenters. The lowest BCUT2D eigenvalue weighted by atomic mass is 10.5. The van der Waals surface area contributed by atoms with E-state index in [9.17, 15) is 4.79 Å². The van der Waals surface area contributed by atoms with Gasteiger partial charge in [0.25, 0.3) is 0 Å². The Morgan fingerprint density at radius 3 is 1.80 bits per heavy atom. The second-order valence-corrected chi connectivity index (χ2v) is 3.72. The van der Waals surface area contributed by atoms with Crippen molar-refractivity contribution in [2.45, 2.75) is 12.5 Å². The molecule has 0 aliphatic rings. The number of carboxylic acid groups (broad SMARTS) is 1. The van der Waals surface area contributed by atoms with E-state index in [-0.39, 0.29) is 17.4 Å². The molecule has 10 heavy (non-hydrogen) atoms. The second kappa shape index (κ2) is 4.85. The standard InChI is InChI=1S/C3H8O5Si.Al/c4-3(5)1-2-9(6,7)8;/h6-8H,1-2H2,(H,4,5);. The highest BCUT2D eigenvalue weighted by Gasteiger charge is 2.27. The predicted octanol–water partition coefficient (Wildman–Crippen LogP) is -2.00. The summed E-state index contributed by atoms with van der Waals surface area (Å²) in [4.78, 5) is 34.5. The maximum atomic E-state index is 9.73. The Morgan fingerprint density at radius 2 is 1.70 bits per heavy atom. The van der Waals surface area contributed by atoms with E-state index in [0.29, 0.717) is 0 Å². The molecule has 0 aliphatic carbocycles. The highest BCUT2D eigenvalue weighted by molar-refractivity contribution is 6.56. The number of carbonyl (C=O) groups is 1. The quantitative estimate of drug-likeness (QED) is 0.375. The van der Waals surface area contributed by atoms with Gasteiger partial charge in [-0.1, -0.05) is 0 Å². The number of carboxylic acids is 1. The van der Waals surface area contributed by atoms with Crippen LogP contribution in [0.1, 0.15) is 6.42 Å². The van der Waals surface area contributed by atoms with Gasteiger partial charge < -0.3 is 19.5 Å². The minimum absolute atomic E-state index is 0. The Labute approximate surface area is 69.4 Å². The Bertz CT molecular complexity index is 110. The predicted molar refractivity (Wildman–Crippen MR) is 35.2 cm³/mol. The smallest absolute Gasteiger partial charge is 0.481 e.